The third-order valence-corrected chi connectivity index (χ3v) is 3.44. The van der Waals surface area contributed by atoms with Crippen molar-refractivity contribution in [3.05, 3.63) is 29.3 Å². The molecule has 120 valence electrons. The molecule has 0 aliphatic carbocycles. The maximum Gasteiger partial charge on any atom is 0.241 e. The average molecular weight is 334 g/mol. The van der Waals surface area contributed by atoms with Crippen molar-refractivity contribution in [2.75, 3.05) is 26.0 Å². The fraction of sp³-hybridized carbons (Fsp3) is 0.533. The minimum atomic E-state index is -0.0306. The van der Waals surface area contributed by atoms with Crippen LogP contribution in [0.1, 0.15) is 24.0 Å². The second-order valence-electron chi connectivity index (χ2n) is 5.53. The van der Waals surface area contributed by atoms with Gasteiger partial charge < -0.3 is 15.5 Å². The fourth-order valence-corrected chi connectivity index (χ4v) is 2.40. The summed E-state index contributed by atoms with van der Waals surface area (Å²) in [6, 6.07) is 6.22. The van der Waals surface area contributed by atoms with Crippen molar-refractivity contribution < 1.29 is 4.79 Å². The zero-order valence-corrected chi connectivity index (χ0v) is 14.4. The zero-order chi connectivity index (χ0) is 13.8. The first kappa shape index (κ1) is 20.2. The van der Waals surface area contributed by atoms with Crippen LogP contribution < -0.4 is 10.6 Å². The molecule has 2 N–H and O–H groups in total. The Kier molecular flexibility index (Phi) is 8.90. The lowest BCUT2D eigenvalue weighted by Crippen LogP contribution is -2.35. The van der Waals surface area contributed by atoms with Crippen molar-refractivity contribution in [3.63, 3.8) is 0 Å². The molecule has 6 heteroatoms. The van der Waals surface area contributed by atoms with E-state index in [0.29, 0.717) is 0 Å². The van der Waals surface area contributed by atoms with Gasteiger partial charge in [-0.3, -0.25) is 4.79 Å². The molecule has 1 heterocycles. The van der Waals surface area contributed by atoms with Crippen LogP contribution in [0, 0.1) is 6.92 Å². The molecule has 21 heavy (non-hydrogen) atoms. The first-order valence-corrected chi connectivity index (χ1v) is 6.85. The smallest absolute Gasteiger partial charge is 0.241 e. The van der Waals surface area contributed by atoms with Crippen molar-refractivity contribution >= 4 is 36.4 Å². The Morgan fingerprint density at radius 2 is 2.10 bits per heavy atom. The van der Waals surface area contributed by atoms with Gasteiger partial charge in [0.2, 0.25) is 5.91 Å². The number of hydrogen-bond donors (Lipinski definition) is 2. The average Bonchev–Trinajstić information content (AvgIpc) is 2.86. The van der Waals surface area contributed by atoms with Crippen molar-refractivity contribution in [1.29, 1.82) is 0 Å². The molecular weight excluding hydrogens is 309 g/mol. The summed E-state index contributed by atoms with van der Waals surface area (Å²) in [7, 11) is 4.08. The summed E-state index contributed by atoms with van der Waals surface area (Å²) in [5, 5.41) is 6.27. The van der Waals surface area contributed by atoms with Crippen LogP contribution in [0.4, 0.5) is 5.69 Å². The van der Waals surface area contributed by atoms with Crippen LogP contribution in [0.15, 0.2) is 18.2 Å². The van der Waals surface area contributed by atoms with E-state index in [9.17, 15) is 4.79 Å². The normalized spacial score (nSPS) is 17.0. The topological polar surface area (TPSA) is 44.4 Å². The van der Waals surface area contributed by atoms with E-state index in [1.807, 2.05) is 21.0 Å². The Hall–Kier alpha value is -0.810. The maximum atomic E-state index is 12.1. The molecule has 0 spiro atoms. The lowest BCUT2D eigenvalue weighted by atomic mass is 10.1. The van der Waals surface area contributed by atoms with Gasteiger partial charge in [-0.25, -0.2) is 0 Å². The molecule has 0 radical (unpaired) electrons. The summed E-state index contributed by atoms with van der Waals surface area (Å²) in [5.74, 6) is 0.0857. The number of nitrogens with one attached hydrogen (secondary N) is 2. The standard InChI is InChI=1S/C15H23N3O.2ClH/c1-11-6-7-12(10-18(2)3)9-14(11)17-15(19)13-5-4-8-16-13;;/h6-7,9,13,16H,4-5,8,10H2,1-3H3,(H,17,19);2*1H. The van der Waals surface area contributed by atoms with E-state index < -0.39 is 0 Å². The lowest BCUT2D eigenvalue weighted by molar-refractivity contribution is -0.117. The van der Waals surface area contributed by atoms with E-state index in [-0.39, 0.29) is 36.8 Å². The highest BCUT2D eigenvalue weighted by atomic mass is 35.5. The number of hydrogen-bond acceptors (Lipinski definition) is 3. The molecule has 2 rings (SSSR count). The van der Waals surface area contributed by atoms with Crippen molar-refractivity contribution in [2.45, 2.75) is 32.4 Å². The third kappa shape index (κ3) is 5.83. The number of amides is 1. The second kappa shape index (κ2) is 9.26. The molecule has 1 saturated heterocycles. The number of carbonyl (C=O) groups is 1. The second-order valence-corrected chi connectivity index (χ2v) is 5.53. The third-order valence-electron chi connectivity index (χ3n) is 3.44. The SMILES string of the molecule is Cc1ccc(CN(C)C)cc1NC(=O)C1CCCN1.Cl.Cl. The van der Waals surface area contributed by atoms with Gasteiger partial charge in [-0.1, -0.05) is 12.1 Å². The van der Waals surface area contributed by atoms with Gasteiger partial charge >= 0.3 is 0 Å². The number of aryl methyl sites for hydroxylation is 1. The summed E-state index contributed by atoms with van der Waals surface area (Å²) >= 11 is 0. The van der Waals surface area contributed by atoms with Crippen LogP contribution in [0.3, 0.4) is 0 Å². The molecule has 1 unspecified atom stereocenters. The minimum Gasteiger partial charge on any atom is -0.324 e. The number of rotatable bonds is 4. The van der Waals surface area contributed by atoms with Gasteiger partial charge in [-0.2, -0.15) is 0 Å². The highest BCUT2D eigenvalue weighted by Gasteiger charge is 2.22. The number of halogens is 2. The van der Waals surface area contributed by atoms with E-state index in [1.165, 1.54) is 5.56 Å². The van der Waals surface area contributed by atoms with Crippen LogP contribution in [0.5, 0.6) is 0 Å². The lowest BCUT2D eigenvalue weighted by Gasteiger charge is -2.15. The molecule has 1 aromatic carbocycles. The van der Waals surface area contributed by atoms with Crippen LogP contribution in [0.25, 0.3) is 0 Å². The van der Waals surface area contributed by atoms with E-state index in [4.69, 9.17) is 0 Å². The summed E-state index contributed by atoms with van der Waals surface area (Å²) in [5.41, 5.74) is 3.25. The van der Waals surface area contributed by atoms with Gasteiger partial charge in [-0.15, -0.1) is 24.8 Å². The van der Waals surface area contributed by atoms with Crippen LogP contribution in [-0.4, -0.2) is 37.5 Å². The number of benzene rings is 1. The molecule has 1 aromatic rings. The van der Waals surface area contributed by atoms with Gasteiger partial charge in [-0.05, 0) is 57.6 Å². The Labute approximate surface area is 139 Å². The molecule has 0 aromatic heterocycles. The van der Waals surface area contributed by atoms with Crippen molar-refractivity contribution in [1.82, 2.24) is 10.2 Å². The van der Waals surface area contributed by atoms with Crippen LogP contribution >= 0.6 is 24.8 Å². The predicted molar refractivity (Wildman–Crippen MR) is 92.7 cm³/mol. The Morgan fingerprint density at radius 1 is 1.38 bits per heavy atom. The van der Waals surface area contributed by atoms with Gasteiger partial charge in [0.05, 0.1) is 6.04 Å². The number of carbonyl (C=O) groups excluding carboxylic acids is 1. The van der Waals surface area contributed by atoms with Gasteiger partial charge in [0.25, 0.3) is 0 Å². The highest BCUT2D eigenvalue weighted by molar-refractivity contribution is 5.95. The highest BCUT2D eigenvalue weighted by Crippen LogP contribution is 2.19. The Morgan fingerprint density at radius 3 is 2.67 bits per heavy atom. The molecule has 1 aliphatic rings. The predicted octanol–water partition coefficient (Wildman–Crippen LogP) is 2.59. The molecule has 0 saturated carbocycles. The van der Waals surface area contributed by atoms with E-state index in [0.717, 1.165) is 37.2 Å². The largest absolute Gasteiger partial charge is 0.324 e. The van der Waals surface area contributed by atoms with E-state index in [2.05, 4.69) is 33.7 Å². The van der Waals surface area contributed by atoms with Crippen LogP contribution in [0.2, 0.25) is 0 Å². The zero-order valence-electron chi connectivity index (χ0n) is 12.8. The summed E-state index contributed by atoms with van der Waals surface area (Å²) in [4.78, 5) is 14.2. The monoisotopic (exact) mass is 333 g/mol. The summed E-state index contributed by atoms with van der Waals surface area (Å²) < 4.78 is 0. The van der Waals surface area contributed by atoms with Gasteiger partial charge in [0.15, 0.2) is 0 Å². The number of nitrogens with zero attached hydrogens (tertiary/aromatic N) is 1. The van der Waals surface area contributed by atoms with E-state index in [1.54, 1.807) is 0 Å². The van der Waals surface area contributed by atoms with E-state index >= 15 is 0 Å². The summed E-state index contributed by atoms with van der Waals surface area (Å²) in [6.45, 7) is 3.85. The first-order valence-electron chi connectivity index (χ1n) is 6.85. The Balaban J connectivity index is 0.00000200. The molecule has 4 nitrogen and oxygen atoms in total. The van der Waals surface area contributed by atoms with Crippen LogP contribution in [-0.2, 0) is 11.3 Å². The van der Waals surface area contributed by atoms with Crippen molar-refractivity contribution in [2.24, 2.45) is 0 Å². The van der Waals surface area contributed by atoms with Gasteiger partial charge in [0.1, 0.15) is 0 Å². The fourth-order valence-electron chi connectivity index (χ4n) is 2.40. The minimum absolute atomic E-state index is 0. The molecule has 0 bridgehead atoms. The number of anilines is 1. The summed E-state index contributed by atoms with van der Waals surface area (Å²) in [6.07, 6.45) is 2.01. The van der Waals surface area contributed by atoms with Gasteiger partial charge in [0, 0.05) is 12.2 Å². The molecule has 1 amide bonds. The quantitative estimate of drug-likeness (QED) is 0.890. The molecule has 1 fully saturated rings. The molecule has 1 atom stereocenters. The Bertz CT molecular complexity index is 460. The molecule has 1 aliphatic heterocycles. The maximum absolute atomic E-state index is 12.1. The molecular formula is C15H25Cl2N3O. The first-order chi connectivity index (χ1) is 9.06. The van der Waals surface area contributed by atoms with Crippen molar-refractivity contribution in [3.8, 4) is 0 Å².